The van der Waals surface area contributed by atoms with Gasteiger partial charge in [-0.15, -0.1) is 0 Å². The highest BCUT2D eigenvalue weighted by molar-refractivity contribution is 6.29. The zero-order chi connectivity index (χ0) is 14.9. The van der Waals surface area contributed by atoms with E-state index in [4.69, 9.17) is 11.6 Å². The average Bonchev–Trinajstić information content (AvgIpc) is 2.36. The number of benzene rings is 1. The molecule has 0 aliphatic heterocycles. The molecule has 1 aromatic carbocycles. The van der Waals surface area contributed by atoms with Gasteiger partial charge in [0.2, 0.25) is 0 Å². The highest BCUT2D eigenvalue weighted by atomic mass is 35.5. The fourth-order valence-electron chi connectivity index (χ4n) is 1.88. The van der Waals surface area contributed by atoms with Crippen LogP contribution in [-0.4, -0.2) is 17.0 Å². The molecule has 0 amide bonds. The molecule has 0 saturated heterocycles. The highest BCUT2D eigenvalue weighted by Crippen LogP contribution is 2.27. The van der Waals surface area contributed by atoms with Gasteiger partial charge in [-0.25, -0.2) is 9.97 Å². The van der Waals surface area contributed by atoms with Crippen molar-refractivity contribution in [1.82, 2.24) is 9.97 Å². The summed E-state index contributed by atoms with van der Waals surface area (Å²) in [7, 11) is 1.99. The van der Waals surface area contributed by atoms with E-state index in [-0.39, 0.29) is 5.41 Å². The third-order valence-corrected chi connectivity index (χ3v) is 3.28. The molecule has 0 aliphatic carbocycles. The lowest BCUT2D eigenvalue weighted by atomic mass is 9.96. The Hall–Kier alpha value is -1.61. The minimum Gasteiger partial charge on any atom is -0.329 e. The molecular weight excluding hydrogens is 270 g/mol. The number of anilines is 2. The van der Waals surface area contributed by atoms with Crippen molar-refractivity contribution in [2.75, 3.05) is 11.9 Å². The second-order valence-electron chi connectivity index (χ2n) is 6.02. The van der Waals surface area contributed by atoms with Crippen molar-refractivity contribution < 1.29 is 0 Å². The number of rotatable bonds is 2. The van der Waals surface area contributed by atoms with Crippen LogP contribution in [0.2, 0.25) is 5.15 Å². The Bertz CT molecular complexity index is 617. The van der Waals surface area contributed by atoms with Crippen molar-refractivity contribution in [3.63, 3.8) is 0 Å². The maximum absolute atomic E-state index is 6.14. The van der Waals surface area contributed by atoms with Crippen molar-refractivity contribution >= 4 is 23.1 Å². The SMILES string of the molecule is Cc1cccc(N(C)c2cc(Cl)nc(C(C)(C)C)n2)c1. The van der Waals surface area contributed by atoms with Crippen molar-refractivity contribution in [3.8, 4) is 0 Å². The van der Waals surface area contributed by atoms with Gasteiger partial charge in [-0.2, -0.15) is 0 Å². The molecule has 4 heteroatoms. The van der Waals surface area contributed by atoms with Gasteiger partial charge in [0, 0.05) is 24.2 Å². The topological polar surface area (TPSA) is 29.0 Å². The second-order valence-corrected chi connectivity index (χ2v) is 6.41. The minimum atomic E-state index is -0.132. The van der Waals surface area contributed by atoms with Gasteiger partial charge in [0.15, 0.2) is 0 Å². The first-order valence-corrected chi connectivity index (χ1v) is 7.00. The Morgan fingerprint density at radius 3 is 2.40 bits per heavy atom. The monoisotopic (exact) mass is 289 g/mol. The number of aryl methyl sites for hydroxylation is 1. The third-order valence-electron chi connectivity index (χ3n) is 3.08. The van der Waals surface area contributed by atoms with Crippen molar-refractivity contribution in [2.24, 2.45) is 0 Å². The van der Waals surface area contributed by atoms with Gasteiger partial charge < -0.3 is 4.90 Å². The van der Waals surface area contributed by atoms with E-state index in [2.05, 4.69) is 55.9 Å². The number of aromatic nitrogens is 2. The number of hydrogen-bond donors (Lipinski definition) is 0. The minimum absolute atomic E-state index is 0.132. The summed E-state index contributed by atoms with van der Waals surface area (Å²) in [5.41, 5.74) is 2.16. The molecule has 1 heterocycles. The van der Waals surface area contributed by atoms with Crippen LogP contribution in [0.4, 0.5) is 11.5 Å². The molecule has 0 N–H and O–H groups in total. The molecule has 3 nitrogen and oxygen atoms in total. The lowest BCUT2D eigenvalue weighted by Gasteiger charge is -2.22. The van der Waals surface area contributed by atoms with E-state index in [0.29, 0.717) is 5.15 Å². The van der Waals surface area contributed by atoms with E-state index in [9.17, 15) is 0 Å². The smallest absolute Gasteiger partial charge is 0.137 e. The van der Waals surface area contributed by atoms with E-state index in [1.165, 1.54) is 5.56 Å². The van der Waals surface area contributed by atoms with Crippen LogP contribution in [0.15, 0.2) is 30.3 Å². The maximum atomic E-state index is 6.14. The first-order valence-electron chi connectivity index (χ1n) is 6.63. The summed E-state index contributed by atoms with van der Waals surface area (Å²) in [5.74, 6) is 1.56. The van der Waals surface area contributed by atoms with Gasteiger partial charge in [0.1, 0.15) is 16.8 Å². The summed E-state index contributed by atoms with van der Waals surface area (Å²) in [5, 5.41) is 0.472. The first kappa shape index (κ1) is 14.8. The fraction of sp³-hybridized carbons (Fsp3) is 0.375. The summed E-state index contributed by atoms with van der Waals surface area (Å²) < 4.78 is 0. The molecule has 0 saturated carbocycles. The number of nitrogens with zero attached hydrogens (tertiary/aromatic N) is 3. The van der Waals surface area contributed by atoms with E-state index in [1.54, 1.807) is 6.07 Å². The molecule has 0 atom stereocenters. The van der Waals surface area contributed by atoms with Gasteiger partial charge in [0.05, 0.1) is 0 Å². The van der Waals surface area contributed by atoms with Crippen LogP contribution < -0.4 is 4.90 Å². The summed E-state index contributed by atoms with van der Waals surface area (Å²) in [6.45, 7) is 8.31. The van der Waals surface area contributed by atoms with Crippen molar-refractivity contribution in [1.29, 1.82) is 0 Å². The fourth-order valence-corrected chi connectivity index (χ4v) is 2.06. The molecule has 2 aromatic rings. The Balaban J connectivity index is 2.45. The second kappa shape index (κ2) is 5.41. The molecule has 2 rings (SSSR count). The predicted octanol–water partition coefficient (Wildman–Crippen LogP) is 4.50. The van der Waals surface area contributed by atoms with Crippen LogP contribution in [0.5, 0.6) is 0 Å². The normalized spacial score (nSPS) is 11.5. The molecule has 1 aromatic heterocycles. The Kier molecular flexibility index (Phi) is 4.00. The summed E-state index contributed by atoms with van der Waals surface area (Å²) in [6, 6.07) is 10.1. The van der Waals surface area contributed by atoms with Gasteiger partial charge in [-0.1, -0.05) is 44.5 Å². The van der Waals surface area contributed by atoms with E-state index >= 15 is 0 Å². The van der Waals surface area contributed by atoms with E-state index in [1.807, 2.05) is 18.0 Å². The predicted molar refractivity (Wildman–Crippen MR) is 85.0 cm³/mol. The lowest BCUT2D eigenvalue weighted by Crippen LogP contribution is -2.19. The number of halogens is 1. The zero-order valence-electron chi connectivity index (χ0n) is 12.6. The van der Waals surface area contributed by atoms with Crippen LogP contribution in [0.25, 0.3) is 0 Å². The molecule has 0 spiro atoms. The molecule has 106 valence electrons. The lowest BCUT2D eigenvalue weighted by molar-refractivity contribution is 0.545. The summed E-state index contributed by atoms with van der Waals surface area (Å²) in [6.07, 6.45) is 0. The van der Waals surface area contributed by atoms with Crippen molar-refractivity contribution in [2.45, 2.75) is 33.1 Å². The van der Waals surface area contributed by atoms with Crippen LogP contribution in [0.1, 0.15) is 32.2 Å². The molecule has 0 fully saturated rings. The molecule has 0 unspecified atom stereocenters. The first-order chi connectivity index (χ1) is 9.27. The van der Waals surface area contributed by atoms with Gasteiger partial charge >= 0.3 is 0 Å². The van der Waals surface area contributed by atoms with Gasteiger partial charge in [-0.05, 0) is 24.6 Å². The summed E-state index contributed by atoms with van der Waals surface area (Å²) in [4.78, 5) is 11.0. The van der Waals surface area contributed by atoms with E-state index in [0.717, 1.165) is 17.3 Å². The van der Waals surface area contributed by atoms with Crippen LogP contribution in [0.3, 0.4) is 0 Å². The zero-order valence-corrected chi connectivity index (χ0v) is 13.4. The molecule has 0 aliphatic rings. The molecule has 0 radical (unpaired) electrons. The third kappa shape index (κ3) is 3.28. The quantitative estimate of drug-likeness (QED) is 0.762. The maximum Gasteiger partial charge on any atom is 0.137 e. The van der Waals surface area contributed by atoms with Gasteiger partial charge in [0.25, 0.3) is 0 Å². The summed E-state index contributed by atoms with van der Waals surface area (Å²) >= 11 is 6.14. The highest BCUT2D eigenvalue weighted by Gasteiger charge is 2.20. The van der Waals surface area contributed by atoms with Gasteiger partial charge in [-0.3, -0.25) is 0 Å². The Morgan fingerprint density at radius 2 is 1.80 bits per heavy atom. The largest absolute Gasteiger partial charge is 0.329 e. The molecular formula is C16H20ClN3. The van der Waals surface area contributed by atoms with Crippen LogP contribution in [-0.2, 0) is 5.41 Å². The van der Waals surface area contributed by atoms with Crippen molar-refractivity contribution in [3.05, 3.63) is 46.9 Å². The Morgan fingerprint density at radius 1 is 1.10 bits per heavy atom. The molecule has 20 heavy (non-hydrogen) atoms. The Labute approximate surface area is 125 Å². The standard InChI is InChI=1S/C16H20ClN3/c1-11-7-6-8-12(9-11)20(5)14-10-13(17)18-15(19-14)16(2,3)4/h6-10H,1-5H3. The molecule has 0 bridgehead atoms. The number of hydrogen-bond acceptors (Lipinski definition) is 3. The van der Waals surface area contributed by atoms with Crippen LogP contribution >= 0.6 is 11.6 Å². The average molecular weight is 290 g/mol. The van der Waals surface area contributed by atoms with E-state index < -0.39 is 0 Å². The van der Waals surface area contributed by atoms with Crippen LogP contribution in [0, 0.1) is 6.92 Å².